The summed E-state index contributed by atoms with van der Waals surface area (Å²) in [6.07, 6.45) is 0. The molecule has 0 radical (unpaired) electrons. The first kappa shape index (κ1) is 18.2. The van der Waals surface area contributed by atoms with Gasteiger partial charge in [-0.2, -0.15) is 0 Å². The fourth-order valence-electron chi connectivity index (χ4n) is 2.66. The highest BCUT2D eigenvalue weighted by Crippen LogP contribution is 2.33. The maximum Gasteiger partial charge on any atom is 0.166 e. The van der Waals surface area contributed by atoms with Crippen LogP contribution in [0.3, 0.4) is 0 Å². The number of benzene rings is 3. The van der Waals surface area contributed by atoms with E-state index >= 15 is 0 Å². The lowest BCUT2D eigenvalue weighted by atomic mass is 10.1. The van der Waals surface area contributed by atoms with Crippen LogP contribution in [0.1, 0.15) is 16.7 Å². The lowest BCUT2D eigenvalue weighted by Gasteiger charge is -2.16. The molecular formula is C22H22ClNO2. The molecule has 0 saturated heterocycles. The van der Waals surface area contributed by atoms with E-state index in [1.165, 1.54) is 5.56 Å². The predicted octanol–water partition coefficient (Wildman–Crippen LogP) is 5.85. The van der Waals surface area contributed by atoms with Gasteiger partial charge in [0.15, 0.2) is 11.5 Å². The number of rotatable bonds is 7. The minimum Gasteiger partial charge on any atom is -0.493 e. The van der Waals surface area contributed by atoms with Gasteiger partial charge in [0.1, 0.15) is 6.61 Å². The maximum absolute atomic E-state index is 6.23. The summed E-state index contributed by atoms with van der Waals surface area (Å²) in [5.41, 5.74) is 4.27. The predicted molar refractivity (Wildman–Crippen MR) is 107 cm³/mol. The van der Waals surface area contributed by atoms with Gasteiger partial charge in [-0.05, 0) is 31.2 Å². The number of methoxy groups -OCH3 is 1. The zero-order valence-electron chi connectivity index (χ0n) is 15.0. The van der Waals surface area contributed by atoms with Crippen molar-refractivity contribution in [2.75, 3.05) is 12.4 Å². The highest BCUT2D eigenvalue weighted by Gasteiger charge is 2.12. The third kappa shape index (κ3) is 4.50. The number of aryl methyl sites for hydroxylation is 1. The molecule has 26 heavy (non-hydrogen) atoms. The van der Waals surface area contributed by atoms with Crippen LogP contribution < -0.4 is 14.8 Å². The highest BCUT2D eigenvalue weighted by atomic mass is 35.5. The first-order valence-electron chi connectivity index (χ1n) is 8.50. The van der Waals surface area contributed by atoms with Gasteiger partial charge in [-0.15, -0.1) is 0 Å². The van der Waals surface area contributed by atoms with Crippen molar-refractivity contribution in [3.8, 4) is 11.5 Å². The van der Waals surface area contributed by atoms with Gasteiger partial charge in [-0.1, -0.05) is 59.6 Å². The van der Waals surface area contributed by atoms with E-state index < -0.39 is 0 Å². The molecule has 0 aliphatic carbocycles. The van der Waals surface area contributed by atoms with Gasteiger partial charge >= 0.3 is 0 Å². The highest BCUT2D eigenvalue weighted by molar-refractivity contribution is 6.31. The number of hydrogen-bond donors (Lipinski definition) is 1. The van der Waals surface area contributed by atoms with Crippen LogP contribution in [0.2, 0.25) is 5.02 Å². The lowest BCUT2D eigenvalue weighted by Crippen LogP contribution is -2.05. The van der Waals surface area contributed by atoms with E-state index in [-0.39, 0.29) is 0 Å². The summed E-state index contributed by atoms with van der Waals surface area (Å²) in [6.45, 7) is 3.10. The number of anilines is 1. The fourth-order valence-corrected chi connectivity index (χ4v) is 2.85. The normalized spacial score (nSPS) is 10.4. The molecule has 0 amide bonds. The number of para-hydroxylation sites is 1. The average Bonchev–Trinajstić information content (AvgIpc) is 2.67. The molecule has 0 fully saturated rings. The van der Waals surface area contributed by atoms with Crippen molar-refractivity contribution in [2.45, 2.75) is 20.1 Å². The Hall–Kier alpha value is -2.65. The summed E-state index contributed by atoms with van der Waals surface area (Å²) >= 11 is 6.23. The van der Waals surface area contributed by atoms with Crippen molar-refractivity contribution in [3.63, 3.8) is 0 Å². The summed E-state index contributed by atoms with van der Waals surface area (Å²) in [7, 11) is 1.65. The Balaban J connectivity index is 1.77. The van der Waals surface area contributed by atoms with Crippen molar-refractivity contribution in [1.82, 2.24) is 0 Å². The molecule has 0 spiro atoms. The molecule has 4 heteroatoms. The van der Waals surface area contributed by atoms with Crippen LogP contribution in [-0.4, -0.2) is 7.11 Å². The molecule has 0 atom stereocenters. The van der Waals surface area contributed by atoms with Crippen molar-refractivity contribution in [3.05, 3.63) is 88.4 Å². The van der Waals surface area contributed by atoms with Crippen LogP contribution in [0.15, 0.2) is 66.7 Å². The quantitative estimate of drug-likeness (QED) is 0.568. The van der Waals surface area contributed by atoms with Crippen LogP contribution >= 0.6 is 11.6 Å². The fraction of sp³-hybridized carbons (Fsp3) is 0.182. The van der Waals surface area contributed by atoms with Gasteiger partial charge < -0.3 is 14.8 Å². The van der Waals surface area contributed by atoms with Gasteiger partial charge in [0.25, 0.3) is 0 Å². The van der Waals surface area contributed by atoms with E-state index in [0.717, 1.165) is 22.6 Å². The van der Waals surface area contributed by atoms with E-state index in [4.69, 9.17) is 21.1 Å². The molecule has 3 rings (SSSR count). The van der Waals surface area contributed by atoms with Gasteiger partial charge in [0.05, 0.1) is 7.11 Å². The molecule has 3 nitrogen and oxygen atoms in total. The molecule has 3 aromatic carbocycles. The van der Waals surface area contributed by atoms with E-state index in [1.54, 1.807) is 7.11 Å². The van der Waals surface area contributed by atoms with E-state index in [2.05, 4.69) is 36.5 Å². The number of hydrogen-bond acceptors (Lipinski definition) is 3. The zero-order valence-corrected chi connectivity index (χ0v) is 15.7. The Labute approximate surface area is 159 Å². The van der Waals surface area contributed by atoms with Crippen LogP contribution in [0, 0.1) is 6.92 Å². The van der Waals surface area contributed by atoms with E-state index in [1.807, 2.05) is 42.5 Å². The Morgan fingerprint density at radius 2 is 1.62 bits per heavy atom. The molecule has 0 aliphatic rings. The Kier molecular flexibility index (Phi) is 6.03. The minimum atomic E-state index is 0.386. The average molecular weight is 368 g/mol. The van der Waals surface area contributed by atoms with Gasteiger partial charge in [0.2, 0.25) is 0 Å². The molecule has 0 bridgehead atoms. The largest absolute Gasteiger partial charge is 0.493 e. The topological polar surface area (TPSA) is 30.5 Å². The molecular weight excluding hydrogens is 346 g/mol. The Bertz CT molecular complexity index is 862. The summed E-state index contributed by atoms with van der Waals surface area (Å²) in [4.78, 5) is 0. The molecule has 0 saturated carbocycles. The van der Waals surface area contributed by atoms with Gasteiger partial charge in [0, 0.05) is 28.4 Å². The minimum absolute atomic E-state index is 0.386. The number of nitrogens with one attached hydrogen (secondary N) is 1. The van der Waals surface area contributed by atoms with Crippen LogP contribution in [0.25, 0.3) is 0 Å². The molecule has 3 aromatic rings. The standard InChI is InChI=1S/C22H22ClNO2/c1-16-10-12-19(13-11-16)24-14-17-7-5-9-21(25-2)22(17)26-15-18-6-3-4-8-20(18)23/h3-13,24H,14-15H2,1-2H3. The lowest BCUT2D eigenvalue weighted by molar-refractivity contribution is 0.282. The monoisotopic (exact) mass is 367 g/mol. The molecule has 0 unspecified atom stereocenters. The van der Waals surface area contributed by atoms with Crippen LogP contribution in [0.4, 0.5) is 5.69 Å². The summed E-state index contributed by atoms with van der Waals surface area (Å²) in [5.74, 6) is 1.44. The third-order valence-corrected chi connectivity index (χ3v) is 4.51. The molecule has 1 N–H and O–H groups in total. The first-order valence-corrected chi connectivity index (χ1v) is 8.88. The van der Waals surface area contributed by atoms with E-state index in [0.29, 0.717) is 23.9 Å². The van der Waals surface area contributed by atoms with Gasteiger partial charge in [-0.3, -0.25) is 0 Å². The van der Waals surface area contributed by atoms with Crippen LogP contribution in [-0.2, 0) is 13.2 Å². The van der Waals surface area contributed by atoms with Crippen molar-refractivity contribution < 1.29 is 9.47 Å². The van der Waals surface area contributed by atoms with Crippen LogP contribution in [0.5, 0.6) is 11.5 Å². The molecule has 134 valence electrons. The van der Waals surface area contributed by atoms with Crippen molar-refractivity contribution in [1.29, 1.82) is 0 Å². The van der Waals surface area contributed by atoms with E-state index in [9.17, 15) is 0 Å². The first-order chi connectivity index (χ1) is 12.7. The number of ether oxygens (including phenoxy) is 2. The molecule has 0 aromatic heterocycles. The van der Waals surface area contributed by atoms with Crippen molar-refractivity contribution >= 4 is 17.3 Å². The Morgan fingerprint density at radius 1 is 0.885 bits per heavy atom. The molecule has 0 heterocycles. The van der Waals surface area contributed by atoms with Gasteiger partial charge in [-0.25, -0.2) is 0 Å². The number of halogens is 1. The summed E-state index contributed by atoms with van der Waals surface area (Å²) in [5, 5.41) is 4.12. The second-order valence-corrected chi connectivity index (χ2v) is 6.46. The smallest absolute Gasteiger partial charge is 0.166 e. The summed E-state index contributed by atoms with van der Waals surface area (Å²) in [6, 6.07) is 21.9. The second kappa shape index (κ2) is 8.63. The maximum atomic E-state index is 6.23. The third-order valence-electron chi connectivity index (χ3n) is 4.14. The Morgan fingerprint density at radius 3 is 2.35 bits per heavy atom. The zero-order chi connectivity index (χ0) is 18.4. The second-order valence-electron chi connectivity index (χ2n) is 6.05. The van der Waals surface area contributed by atoms with Crippen molar-refractivity contribution in [2.24, 2.45) is 0 Å². The summed E-state index contributed by atoms with van der Waals surface area (Å²) < 4.78 is 11.6. The molecule has 0 aliphatic heterocycles. The SMILES string of the molecule is COc1cccc(CNc2ccc(C)cc2)c1OCc1ccccc1Cl.